The van der Waals surface area contributed by atoms with Gasteiger partial charge in [-0.2, -0.15) is 5.10 Å². The first kappa shape index (κ1) is 15.1. The summed E-state index contributed by atoms with van der Waals surface area (Å²) in [6, 6.07) is 5.74. The summed E-state index contributed by atoms with van der Waals surface area (Å²) in [6.45, 7) is 8.28. The second-order valence-electron chi connectivity index (χ2n) is 6.43. The standard InChI is InChI=1S/C17H20N6/c1-12-8-15(21-14-10-19-23(11-14)17(2,3)4)22-16(20-12)13-6-5-7-18-9-13/h5-11H,1-4H3,(H,20,21,22). The van der Waals surface area contributed by atoms with Gasteiger partial charge in [0.2, 0.25) is 0 Å². The normalized spacial score (nSPS) is 11.5. The Morgan fingerprint density at radius 1 is 1.13 bits per heavy atom. The minimum absolute atomic E-state index is 0.0532. The summed E-state index contributed by atoms with van der Waals surface area (Å²) >= 11 is 0. The molecule has 0 spiro atoms. The first-order valence-corrected chi connectivity index (χ1v) is 7.50. The van der Waals surface area contributed by atoms with Crippen molar-refractivity contribution in [3.05, 3.63) is 48.7 Å². The molecule has 0 aliphatic heterocycles. The van der Waals surface area contributed by atoms with E-state index in [-0.39, 0.29) is 5.54 Å². The molecule has 3 aromatic rings. The van der Waals surface area contributed by atoms with Crippen LogP contribution in [0, 0.1) is 6.92 Å². The molecule has 0 aromatic carbocycles. The fourth-order valence-corrected chi connectivity index (χ4v) is 2.16. The molecule has 6 heteroatoms. The third-order valence-corrected chi connectivity index (χ3v) is 3.32. The highest BCUT2D eigenvalue weighted by atomic mass is 15.3. The van der Waals surface area contributed by atoms with Crippen LogP contribution in [0.4, 0.5) is 11.5 Å². The van der Waals surface area contributed by atoms with Gasteiger partial charge in [0.15, 0.2) is 5.82 Å². The monoisotopic (exact) mass is 308 g/mol. The van der Waals surface area contributed by atoms with Crippen LogP contribution < -0.4 is 5.32 Å². The van der Waals surface area contributed by atoms with Gasteiger partial charge in [0.1, 0.15) is 5.82 Å². The molecule has 1 N–H and O–H groups in total. The molecule has 0 fully saturated rings. The van der Waals surface area contributed by atoms with Crippen LogP contribution >= 0.6 is 0 Å². The minimum Gasteiger partial charge on any atom is -0.338 e. The first-order chi connectivity index (χ1) is 10.9. The summed E-state index contributed by atoms with van der Waals surface area (Å²) in [5.74, 6) is 1.40. The molecule has 0 atom stereocenters. The van der Waals surface area contributed by atoms with Crippen molar-refractivity contribution in [1.82, 2.24) is 24.7 Å². The summed E-state index contributed by atoms with van der Waals surface area (Å²) in [7, 11) is 0. The Kier molecular flexibility index (Phi) is 3.82. The fourth-order valence-electron chi connectivity index (χ4n) is 2.16. The van der Waals surface area contributed by atoms with Gasteiger partial charge in [0, 0.05) is 35.9 Å². The summed E-state index contributed by atoms with van der Waals surface area (Å²) in [4.78, 5) is 13.2. The van der Waals surface area contributed by atoms with Crippen molar-refractivity contribution >= 4 is 11.5 Å². The van der Waals surface area contributed by atoms with Gasteiger partial charge in [-0.05, 0) is 39.8 Å². The molecule has 3 rings (SSSR count). The van der Waals surface area contributed by atoms with Crippen molar-refractivity contribution in [3.8, 4) is 11.4 Å². The van der Waals surface area contributed by atoms with Crippen LogP contribution in [0.2, 0.25) is 0 Å². The lowest BCUT2D eigenvalue weighted by Crippen LogP contribution is -2.21. The number of pyridine rings is 1. The molecule has 0 saturated carbocycles. The fraction of sp³-hybridized carbons (Fsp3) is 0.294. The van der Waals surface area contributed by atoms with Gasteiger partial charge in [0.25, 0.3) is 0 Å². The molecule has 0 saturated heterocycles. The lowest BCUT2D eigenvalue weighted by molar-refractivity contribution is 0.355. The Morgan fingerprint density at radius 2 is 1.96 bits per heavy atom. The number of aromatic nitrogens is 5. The Bertz CT molecular complexity index is 801. The topological polar surface area (TPSA) is 68.5 Å². The largest absolute Gasteiger partial charge is 0.338 e. The lowest BCUT2D eigenvalue weighted by atomic mass is 10.1. The van der Waals surface area contributed by atoms with E-state index in [1.807, 2.05) is 36.0 Å². The zero-order valence-electron chi connectivity index (χ0n) is 13.8. The summed E-state index contributed by atoms with van der Waals surface area (Å²) in [5.41, 5.74) is 2.63. The molecule has 0 amide bonds. The second-order valence-corrected chi connectivity index (χ2v) is 6.43. The van der Waals surface area contributed by atoms with Gasteiger partial charge in [-0.15, -0.1) is 0 Å². The first-order valence-electron chi connectivity index (χ1n) is 7.50. The van der Waals surface area contributed by atoms with Gasteiger partial charge in [-0.25, -0.2) is 9.97 Å². The minimum atomic E-state index is -0.0532. The van der Waals surface area contributed by atoms with Gasteiger partial charge in [0.05, 0.1) is 17.4 Å². The van der Waals surface area contributed by atoms with Gasteiger partial charge >= 0.3 is 0 Å². The van der Waals surface area contributed by atoms with E-state index in [9.17, 15) is 0 Å². The Morgan fingerprint density at radius 3 is 2.61 bits per heavy atom. The van der Waals surface area contributed by atoms with E-state index in [0.717, 1.165) is 22.8 Å². The summed E-state index contributed by atoms with van der Waals surface area (Å²) in [5, 5.41) is 7.68. The third kappa shape index (κ3) is 3.53. The molecular formula is C17H20N6. The predicted molar refractivity (Wildman–Crippen MR) is 90.5 cm³/mol. The molecule has 0 unspecified atom stereocenters. The maximum absolute atomic E-state index is 4.57. The maximum atomic E-state index is 4.57. The maximum Gasteiger partial charge on any atom is 0.163 e. The average molecular weight is 308 g/mol. The molecule has 3 aromatic heterocycles. The van der Waals surface area contributed by atoms with Crippen LogP contribution in [0.15, 0.2) is 43.0 Å². The number of anilines is 2. The van der Waals surface area contributed by atoms with Crippen molar-refractivity contribution in [2.75, 3.05) is 5.32 Å². The van der Waals surface area contributed by atoms with E-state index in [4.69, 9.17) is 0 Å². The van der Waals surface area contributed by atoms with E-state index in [1.54, 1.807) is 18.6 Å². The molecule has 23 heavy (non-hydrogen) atoms. The number of rotatable bonds is 3. The van der Waals surface area contributed by atoms with E-state index < -0.39 is 0 Å². The highest BCUT2D eigenvalue weighted by molar-refractivity contribution is 5.60. The number of hydrogen-bond acceptors (Lipinski definition) is 5. The molecule has 3 heterocycles. The summed E-state index contributed by atoms with van der Waals surface area (Å²) < 4.78 is 1.92. The van der Waals surface area contributed by atoms with Gasteiger partial charge in [-0.3, -0.25) is 9.67 Å². The molecule has 0 aliphatic rings. The van der Waals surface area contributed by atoms with Crippen LogP contribution in [-0.4, -0.2) is 24.7 Å². The van der Waals surface area contributed by atoms with Crippen LogP contribution in [0.25, 0.3) is 11.4 Å². The molecule has 118 valence electrons. The van der Waals surface area contributed by atoms with Crippen LogP contribution in [0.1, 0.15) is 26.5 Å². The van der Waals surface area contributed by atoms with Gasteiger partial charge < -0.3 is 5.32 Å². The zero-order valence-corrected chi connectivity index (χ0v) is 13.8. The van der Waals surface area contributed by atoms with Crippen molar-refractivity contribution < 1.29 is 0 Å². The highest BCUT2D eigenvalue weighted by Crippen LogP contribution is 2.21. The van der Waals surface area contributed by atoms with Crippen LogP contribution in [0.5, 0.6) is 0 Å². The van der Waals surface area contributed by atoms with Gasteiger partial charge in [-0.1, -0.05) is 0 Å². The number of nitrogens with zero attached hydrogens (tertiary/aromatic N) is 5. The summed E-state index contributed by atoms with van der Waals surface area (Å²) in [6.07, 6.45) is 7.27. The Hall–Kier alpha value is -2.76. The van der Waals surface area contributed by atoms with Crippen LogP contribution in [-0.2, 0) is 5.54 Å². The number of hydrogen-bond donors (Lipinski definition) is 1. The van der Waals surface area contributed by atoms with Crippen molar-refractivity contribution in [3.63, 3.8) is 0 Å². The van der Waals surface area contributed by atoms with Crippen molar-refractivity contribution in [1.29, 1.82) is 0 Å². The Balaban J connectivity index is 1.89. The molecule has 0 radical (unpaired) electrons. The average Bonchev–Trinajstić information content (AvgIpc) is 2.96. The smallest absolute Gasteiger partial charge is 0.163 e. The van der Waals surface area contributed by atoms with E-state index in [2.05, 4.69) is 46.1 Å². The van der Waals surface area contributed by atoms with Crippen molar-refractivity contribution in [2.45, 2.75) is 33.2 Å². The second kappa shape index (κ2) is 5.79. The highest BCUT2D eigenvalue weighted by Gasteiger charge is 2.14. The van der Waals surface area contributed by atoms with E-state index in [1.165, 1.54) is 0 Å². The molecule has 6 nitrogen and oxygen atoms in total. The Labute approximate surface area is 135 Å². The lowest BCUT2D eigenvalue weighted by Gasteiger charge is -2.18. The zero-order chi connectivity index (χ0) is 16.4. The molecule has 0 aliphatic carbocycles. The van der Waals surface area contributed by atoms with Crippen molar-refractivity contribution in [2.24, 2.45) is 0 Å². The number of aryl methyl sites for hydroxylation is 1. The third-order valence-electron chi connectivity index (χ3n) is 3.32. The molecular weight excluding hydrogens is 288 g/mol. The number of nitrogens with one attached hydrogen (secondary N) is 1. The SMILES string of the molecule is Cc1cc(Nc2cnn(C(C)(C)C)c2)nc(-c2cccnc2)n1. The predicted octanol–water partition coefficient (Wildman–Crippen LogP) is 3.54. The molecule has 0 bridgehead atoms. The van der Waals surface area contributed by atoms with E-state index >= 15 is 0 Å². The van der Waals surface area contributed by atoms with Crippen LogP contribution in [0.3, 0.4) is 0 Å². The van der Waals surface area contributed by atoms with E-state index in [0.29, 0.717) is 5.82 Å². The quantitative estimate of drug-likeness (QED) is 0.801.